The fraction of sp³-hybridized carbons (Fsp3) is 0.727. The summed E-state index contributed by atoms with van der Waals surface area (Å²) in [7, 11) is 0. The van der Waals surface area contributed by atoms with Crippen LogP contribution in [-0.4, -0.2) is 40.4 Å². The van der Waals surface area contributed by atoms with Gasteiger partial charge >= 0.3 is 33.9 Å². The van der Waals surface area contributed by atoms with Gasteiger partial charge in [0, 0.05) is 17.9 Å². The number of carbonyl (C=O) groups excluding carboxylic acids is 3. The minimum absolute atomic E-state index is 0.111. The van der Waals surface area contributed by atoms with Gasteiger partial charge in [0.05, 0.1) is 0 Å². The fourth-order valence-electron chi connectivity index (χ4n) is 0. The van der Waals surface area contributed by atoms with Crippen molar-refractivity contribution in [1.29, 1.82) is 0 Å². The summed E-state index contributed by atoms with van der Waals surface area (Å²) >= 11 is 1.64. The summed E-state index contributed by atoms with van der Waals surface area (Å²) in [5, 5.41) is 27.8. The van der Waals surface area contributed by atoms with E-state index in [1.165, 1.54) is 25.2 Å². The first-order chi connectivity index (χ1) is 8.22. The van der Waals surface area contributed by atoms with Gasteiger partial charge in [0.2, 0.25) is 0 Å². The van der Waals surface area contributed by atoms with E-state index in [1.807, 2.05) is 0 Å². The van der Waals surface area contributed by atoms with Crippen molar-refractivity contribution < 1.29 is 29.7 Å². The first-order valence-electron chi connectivity index (χ1n) is 5.47. The molecule has 0 aromatic carbocycles. The molecule has 0 saturated carbocycles. The summed E-state index contributed by atoms with van der Waals surface area (Å²) in [6.45, 7) is 6.78. The summed E-state index contributed by atoms with van der Waals surface area (Å²) in [6.07, 6.45) is 0.333. The Morgan fingerprint density at radius 3 is 0.778 bits per heavy atom. The number of carbonyl (C=O) groups is 3. The zero-order valence-electron chi connectivity index (χ0n) is 11.3. The second kappa shape index (κ2) is 25.2. The van der Waals surface area contributed by atoms with E-state index in [9.17, 15) is 29.7 Å². The molecule has 0 aromatic heterocycles. The maximum atomic E-state index is 9.26. The van der Waals surface area contributed by atoms with Crippen LogP contribution in [-0.2, 0) is 14.4 Å². The van der Waals surface area contributed by atoms with E-state index >= 15 is 0 Å². The number of rotatable bonds is 3. The van der Waals surface area contributed by atoms with E-state index in [0.717, 1.165) is 0 Å². The van der Waals surface area contributed by atoms with Crippen LogP contribution in [0, 0.1) is 0 Å². The van der Waals surface area contributed by atoms with Gasteiger partial charge < -0.3 is 29.7 Å². The Kier molecular flexibility index (Phi) is 36.2. The second-order valence-corrected chi connectivity index (χ2v) is 4.55. The van der Waals surface area contributed by atoms with Crippen molar-refractivity contribution >= 4 is 40.4 Å². The Hall–Kier alpha value is -0.791. The van der Waals surface area contributed by atoms with E-state index in [-0.39, 0.29) is 19.3 Å². The zero-order chi connectivity index (χ0) is 15.6. The second-order valence-electron chi connectivity index (χ2n) is 2.53. The summed E-state index contributed by atoms with van der Waals surface area (Å²) in [4.78, 5) is 27.8. The molecule has 0 bridgehead atoms. The van der Waals surface area contributed by atoms with Crippen LogP contribution in [0.3, 0.4) is 0 Å². The first kappa shape index (κ1) is 25.9. The fourth-order valence-corrected chi connectivity index (χ4v) is 0. The quantitative estimate of drug-likeness (QED) is 0.534. The first-order valence-corrected chi connectivity index (χ1v) is 7.49. The summed E-state index contributed by atoms with van der Waals surface area (Å²) in [6, 6.07) is 0. The average molecular weight is 367 g/mol. The third kappa shape index (κ3) is 113. The molecule has 0 unspecified atom stereocenters. The maximum absolute atomic E-state index is 9.26. The van der Waals surface area contributed by atoms with Crippen molar-refractivity contribution in [3.8, 4) is 0 Å². The van der Waals surface area contributed by atoms with Crippen molar-refractivity contribution in [1.82, 2.24) is 0 Å². The van der Waals surface area contributed by atoms with Crippen molar-refractivity contribution in [2.45, 2.75) is 51.4 Å². The van der Waals surface area contributed by atoms with Gasteiger partial charge in [-0.05, 0) is 19.3 Å². The predicted octanol–water partition coefficient (Wildman–Crippen LogP) is -1.97. The molecule has 0 aliphatic carbocycles. The molecule has 0 amide bonds. The minimum atomic E-state index is -0.995. The molecule has 0 aliphatic heterocycles. The van der Waals surface area contributed by atoms with Crippen molar-refractivity contribution in [3.05, 3.63) is 0 Å². The molecule has 18 heavy (non-hydrogen) atoms. The molecule has 7 heteroatoms. The molecular formula is C11H20O6Sn. The topological polar surface area (TPSA) is 120 Å². The Morgan fingerprint density at radius 1 is 0.722 bits per heavy atom. The van der Waals surface area contributed by atoms with Gasteiger partial charge in [-0.3, -0.25) is 0 Å². The molecular weight excluding hydrogens is 347 g/mol. The molecule has 0 atom stereocenters. The van der Waals surface area contributed by atoms with E-state index < -0.39 is 17.9 Å². The van der Waals surface area contributed by atoms with Crippen LogP contribution >= 0.6 is 0 Å². The van der Waals surface area contributed by atoms with Gasteiger partial charge in [-0.15, -0.1) is 0 Å². The van der Waals surface area contributed by atoms with Crippen LogP contribution in [0.5, 0.6) is 0 Å². The van der Waals surface area contributed by atoms with Gasteiger partial charge in [-0.1, -0.05) is 20.8 Å². The number of hydrogen-bond acceptors (Lipinski definition) is 6. The van der Waals surface area contributed by atoms with E-state index in [4.69, 9.17) is 0 Å². The van der Waals surface area contributed by atoms with Gasteiger partial charge in [-0.2, -0.15) is 0 Å². The molecule has 0 spiro atoms. The number of hydrogen-bond donors (Lipinski definition) is 0. The van der Waals surface area contributed by atoms with Gasteiger partial charge in [0.15, 0.2) is 0 Å². The number of carboxylic acids is 3. The summed E-state index contributed by atoms with van der Waals surface area (Å²) < 4.78 is 1.34. The third-order valence-corrected chi connectivity index (χ3v) is 0.866. The van der Waals surface area contributed by atoms with Crippen LogP contribution in [0.25, 0.3) is 0 Å². The van der Waals surface area contributed by atoms with Gasteiger partial charge in [0.25, 0.3) is 0 Å². The van der Waals surface area contributed by atoms with E-state index in [2.05, 4.69) is 6.92 Å². The SMILES string of the molecule is CCC(=O)[O-].CCC(=O)[O-].CCC(=O)[O-].C[CH2][Sn+3]. The monoisotopic (exact) mass is 368 g/mol. The number of aliphatic carboxylic acids is 3. The summed E-state index contributed by atoms with van der Waals surface area (Å²) in [5.74, 6) is -2.99. The van der Waals surface area contributed by atoms with Crippen molar-refractivity contribution in [3.63, 3.8) is 0 Å². The number of carboxylic acid groups (broad SMARTS) is 3. The van der Waals surface area contributed by atoms with Crippen LogP contribution in [0.2, 0.25) is 4.44 Å². The van der Waals surface area contributed by atoms with E-state index in [1.54, 1.807) is 22.5 Å². The Morgan fingerprint density at radius 2 is 0.778 bits per heavy atom. The van der Waals surface area contributed by atoms with Gasteiger partial charge in [-0.25, -0.2) is 0 Å². The predicted molar refractivity (Wildman–Crippen MR) is 62.1 cm³/mol. The molecule has 104 valence electrons. The van der Waals surface area contributed by atoms with Crippen LogP contribution in [0.1, 0.15) is 47.0 Å². The average Bonchev–Trinajstić information content (AvgIpc) is 2.31. The van der Waals surface area contributed by atoms with Crippen molar-refractivity contribution in [2.24, 2.45) is 0 Å². The Balaban J connectivity index is -0.0000000739. The normalized spacial score (nSPS) is 7.22. The van der Waals surface area contributed by atoms with Crippen LogP contribution in [0.15, 0.2) is 0 Å². The standard InChI is InChI=1S/3C3H6O2.C2H5.Sn/c3*1-2-3(4)5;1-2;/h3*2H2,1H3,(H,4,5);1H2,2H3;/q;;;;+3/p-3. The third-order valence-electron chi connectivity index (χ3n) is 0.866. The molecule has 0 heterocycles. The van der Waals surface area contributed by atoms with E-state index in [0.29, 0.717) is 0 Å². The molecule has 0 radical (unpaired) electrons. The molecule has 0 rings (SSSR count). The Bertz CT molecular complexity index is 172. The van der Waals surface area contributed by atoms with Crippen LogP contribution in [0.4, 0.5) is 0 Å². The van der Waals surface area contributed by atoms with Crippen LogP contribution < -0.4 is 15.3 Å². The molecule has 0 saturated heterocycles. The molecule has 0 aromatic rings. The zero-order valence-corrected chi connectivity index (χ0v) is 14.1. The molecule has 0 N–H and O–H groups in total. The molecule has 0 aliphatic rings. The summed E-state index contributed by atoms with van der Waals surface area (Å²) in [5.41, 5.74) is 0. The Labute approximate surface area is 121 Å². The van der Waals surface area contributed by atoms with Crippen molar-refractivity contribution in [2.75, 3.05) is 0 Å². The van der Waals surface area contributed by atoms with Gasteiger partial charge in [0.1, 0.15) is 0 Å². The molecule has 0 fully saturated rings. The molecule has 6 nitrogen and oxygen atoms in total.